The maximum atomic E-state index is 11.1. The molecule has 0 unspecified atom stereocenters. The van der Waals surface area contributed by atoms with Crippen molar-refractivity contribution in [2.24, 2.45) is 0 Å². The Morgan fingerprint density at radius 1 is 0.780 bits per heavy atom. The predicted molar refractivity (Wildman–Crippen MR) is 156 cm³/mol. The number of ether oxygens (including phenoxy) is 4. The SMILES string of the molecule is [2H]C([2H])(OC)C([2H])([2H])Oc1nc(Nc2cc(C#C)c(O)c(Nc3nc(OC([2H])([2H])C([2H])([2H])OC)nc4ccccc34)c2)c2ccccc2n1. The first kappa shape index (κ1) is 19.0. The molecule has 0 spiro atoms. The van der Waals surface area contributed by atoms with Crippen LogP contribution in [-0.4, -0.2) is 65.5 Å². The van der Waals surface area contributed by atoms with Crippen molar-refractivity contribution in [1.29, 1.82) is 0 Å². The summed E-state index contributed by atoms with van der Waals surface area (Å²) in [5.74, 6) is 2.21. The molecule has 0 aliphatic heterocycles. The van der Waals surface area contributed by atoms with E-state index in [9.17, 15) is 5.11 Å². The number of anilines is 4. The Hall–Kier alpha value is -5.18. The van der Waals surface area contributed by atoms with Crippen LogP contribution in [-0.2, 0) is 9.47 Å². The lowest BCUT2D eigenvalue weighted by Crippen LogP contribution is -2.08. The summed E-state index contributed by atoms with van der Waals surface area (Å²) in [4.78, 5) is 16.9. The number of aromatic nitrogens is 4. The number of fused-ring (bicyclic) bond motifs is 2. The zero-order valence-electron chi connectivity index (χ0n) is 29.7. The fraction of sp³-hybridized carbons (Fsp3) is 0.200. The van der Waals surface area contributed by atoms with Gasteiger partial charge in [-0.15, -0.1) is 6.42 Å². The first-order chi connectivity index (χ1) is 23.0. The van der Waals surface area contributed by atoms with Crippen molar-refractivity contribution in [3.8, 4) is 30.1 Å². The Morgan fingerprint density at radius 3 is 1.85 bits per heavy atom. The summed E-state index contributed by atoms with van der Waals surface area (Å²) in [6.45, 7) is -11.7. The molecule has 0 atom stereocenters. The standard InChI is InChI=1S/C30H28N6O5/c1-4-19-17-20(31-27-21-9-5-7-11-23(21)33-29(35-27)40-15-13-38-2)18-25(26(19)37)32-28-22-10-6-8-12-24(22)34-30(36-28)41-16-14-39-3/h1,5-12,17-18,37H,13-16H2,2-3H3,(H,31,33,35)(H,32,34,36)/i13D2,14D2,15D2,16D2. The molecule has 2 aromatic heterocycles. The van der Waals surface area contributed by atoms with Gasteiger partial charge in [0.25, 0.3) is 0 Å². The van der Waals surface area contributed by atoms with Gasteiger partial charge in [-0.3, -0.25) is 0 Å². The maximum Gasteiger partial charge on any atom is 0.319 e. The molecule has 41 heavy (non-hydrogen) atoms. The van der Waals surface area contributed by atoms with Crippen LogP contribution in [0.4, 0.5) is 23.0 Å². The highest BCUT2D eigenvalue weighted by atomic mass is 16.5. The Balaban J connectivity index is 1.56. The highest BCUT2D eigenvalue weighted by Crippen LogP contribution is 2.37. The molecule has 3 N–H and O–H groups in total. The molecule has 3 aromatic carbocycles. The van der Waals surface area contributed by atoms with Gasteiger partial charge in [0.05, 0.1) is 46.4 Å². The number of nitrogens with one attached hydrogen (secondary N) is 2. The van der Waals surface area contributed by atoms with Gasteiger partial charge in [0.2, 0.25) is 0 Å². The van der Waals surface area contributed by atoms with E-state index < -0.39 is 38.3 Å². The molecule has 0 aliphatic carbocycles. The largest absolute Gasteiger partial charge is 0.505 e. The summed E-state index contributed by atoms with van der Waals surface area (Å²) in [5, 5.41) is 18.0. The Labute approximate surface area is 247 Å². The van der Waals surface area contributed by atoms with Crippen molar-refractivity contribution in [2.45, 2.75) is 0 Å². The molecule has 0 saturated carbocycles. The average molecular weight is 561 g/mol. The van der Waals surface area contributed by atoms with E-state index in [1.54, 1.807) is 48.5 Å². The van der Waals surface area contributed by atoms with E-state index in [0.29, 0.717) is 21.8 Å². The van der Waals surface area contributed by atoms with Crippen LogP contribution in [0.1, 0.15) is 16.5 Å². The quantitative estimate of drug-likeness (QED) is 0.110. The Bertz CT molecular complexity index is 2080. The zero-order chi connectivity index (χ0) is 35.8. The Kier molecular flexibility index (Phi) is 5.92. The summed E-state index contributed by atoms with van der Waals surface area (Å²) in [7, 11) is 1.98. The number of nitrogens with zero attached hydrogens (tertiary/aromatic N) is 4. The summed E-state index contributed by atoms with van der Waals surface area (Å²) in [5.41, 5.74) is 0.967. The molecule has 0 radical (unpaired) electrons. The third kappa shape index (κ3) is 6.36. The van der Waals surface area contributed by atoms with Gasteiger partial charge in [-0.05, 0) is 36.4 Å². The van der Waals surface area contributed by atoms with Crippen LogP contribution in [0.3, 0.4) is 0 Å². The van der Waals surface area contributed by atoms with Gasteiger partial charge >= 0.3 is 12.0 Å². The highest BCUT2D eigenvalue weighted by Gasteiger charge is 2.16. The van der Waals surface area contributed by atoms with Gasteiger partial charge in [0, 0.05) is 30.7 Å². The number of phenols is 1. The second-order valence-corrected chi connectivity index (χ2v) is 8.08. The van der Waals surface area contributed by atoms with E-state index in [1.165, 1.54) is 12.1 Å². The lowest BCUT2D eigenvalue weighted by Gasteiger charge is -2.16. The van der Waals surface area contributed by atoms with E-state index in [-0.39, 0.29) is 34.3 Å². The normalized spacial score (nSPS) is 15.1. The molecule has 5 aromatic rings. The van der Waals surface area contributed by atoms with Crippen LogP contribution in [0.5, 0.6) is 17.8 Å². The molecule has 0 bridgehead atoms. The van der Waals surface area contributed by atoms with E-state index in [1.807, 2.05) is 0 Å². The summed E-state index contributed by atoms with van der Waals surface area (Å²) in [6.07, 6.45) is 5.72. The summed E-state index contributed by atoms with van der Waals surface area (Å²) < 4.78 is 83.2. The lowest BCUT2D eigenvalue weighted by molar-refractivity contribution is 0.141. The van der Waals surface area contributed by atoms with Gasteiger partial charge in [0.15, 0.2) is 5.75 Å². The van der Waals surface area contributed by atoms with Crippen molar-refractivity contribution >= 4 is 44.8 Å². The molecule has 11 heteroatoms. The number of phenolic OH excluding ortho intramolecular Hbond substituents is 1. The molecule has 0 fully saturated rings. The van der Waals surface area contributed by atoms with E-state index in [0.717, 1.165) is 14.2 Å². The topological polar surface area (TPSA) is 133 Å². The number of hydrogen-bond donors (Lipinski definition) is 3. The maximum absolute atomic E-state index is 11.1. The van der Waals surface area contributed by atoms with Crippen molar-refractivity contribution in [3.63, 3.8) is 0 Å². The lowest BCUT2D eigenvalue weighted by atomic mass is 10.1. The minimum atomic E-state index is -3.00. The fourth-order valence-corrected chi connectivity index (χ4v) is 3.78. The number of rotatable bonds is 12. The van der Waals surface area contributed by atoms with Crippen molar-refractivity contribution in [3.05, 3.63) is 66.2 Å². The number of aromatic hydroxyl groups is 1. The van der Waals surface area contributed by atoms with Crippen LogP contribution >= 0.6 is 0 Å². The van der Waals surface area contributed by atoms with E-state index >= 15 is 0 Å². The van der Waals surface area contributed by atoms with Crippen molar-refractivity contribution < 1.29 is 35.0 Å². The molecule has 0 amide bonds. The van der Waals surface area contributed by atoms with Gasteiger partial charge < -0.3 is 34.7 Å². The van der Waals surface area contributed by atoms with Crippen molar-refractivity contribution in [2.75, 3.05) is 51.1 Å². The van der Waals surface area contributed by atoms with Crippen molar-refractivity contribution in [1.82, 2.24) is 19.9 Å². The molecular formula is C30H28N6O5. The second kappa shape index (κ2) is 12.8. The zero-order valence-corrected chi connectivity index (χ0v) is 21.7. The number of benzene rings is 3. The molecule has 0 aliphatic rings. The molecule has 11 nitrogen and oxygen atoms in total. The number of terminal acetylenes is 1. The minimum Gasteiger partial charge on any atom is -0.505 e. The first-order valence-corrected chi connectivity index (χ1v) is 11.9. The van der Waals surface area contributed by atoms with Crippen LogP contribution in [0.25, 0.3) is 21.8 Å². The van der Waals surface area contributed by atoms with Crippen LogP contribution < -0.4 is 20.1 Å². The Morgan fingerprint density at radius 2 is 1.32 bits per heavy atom. The number of hydrogen-bond acceptors (Lipinski definition) is 11. The highest BCUT2D eigenvalue weighted by molar-refractivity contribution is 5.94. The molecule has 208 valence electrons. The minimum absolute atomic E-state index is 0.0300. The average Bonchev–Trinajstić information content (AvgIpc) is 3.05. The monoisotopic (exact) mass is 560 g/mol. The van der Waals surface area contributed by atoms with Gasteiger partial charge in [-0.2, -0.15) is 19.9 Å². The number of para-hydroxylation sites is 2. The third-order valence-electron chi connectivity index (χ3n) is 5.52. The predicted octanol–water partition coefficient (Wildman–Crippen LogP) is 4.80. The molecule has 2 heterocycles. The summed E-state index contributed by atoms with van der Waals surface area (Å²) >= 11 is 0. The second-order valence-electron chi connectivity index (χ2n) is 8.08. The molecular weight excluding hydrogens is 524 g/mol. The smallest absolute Gasteiger partial charge is 0.319 e. The fourth-order valence-electron chi connectivity index (χ4n) is 3.78. The van der Waals surface area contributed by atoms with E-state index in [4.69, 9.17) is 26.9 Å². The van der Waals surface area contributed by atoms with Gasteiger partial charge in [0.1, 0.15) is 24.8 Å². The number of methoxy groups -OCH3 is 2. The summed E-state index contributed by atoms with van der Waals surface area (Å²) in [6, 6.07) is 15.2. The van der Waals surface area contributed by atoms with Gasteiger partial charge in [-0.1, -0.05) is 30.2 Å². The third-order valence-corrected chi connectivity index (χ3v) is 5.52. The molecule has 5 rings (SSSR count). The van der Waals surface area contributed by atoms with Gasteiger partial charge in [-0.25, -0.2) is 0 Å². The van der Waals surface area contributed by atoms with Crippen LogP contribution in [0, 0.1) is 12.3 Å². The van der Waals surface area contributed by atoms with E-state index in [2.05, 4.69) is 46.0 Å². The van der Waals surface area contributed by atoms with Crippen LogP contribution in [0.15, 0.2) is 60.7 Å². The van der Waals surface area contributed by atoms with Crippen LogP contribution in [0.2, 0.25) is 0 Å². The molecule has 0 saturated heterocycles. The first-order valence-electron chi connectivity index (χ1n) is 15.9.